The molecule has 255 valence electrons. The van der Waals surface area contributed by atoms with E-state index < -0.39 is 24.5 Å². The summed E-state index contributed by atoms with van der Waals surface area (Å²) >= 11 is 0. The zero-order valence-electron chi connectivity index (χ0n) is 35.3. The largest absolute Gasteiger partial charge is 0.333 e. The molecule has 7 rings (SSSR count). The van der Waals surface area contributed by atoms with Gasteiger partial charge in [0.05, 0.1) is 16.9 Å². The van der Waals surface area contributed by atoms with Gasteiger partial charge in [-0.1, -0.05) is 96.1 Å². The van der Waals surface area contributed by atoms with Gasteiger partial charge in [-0.2, -0.15) is 0 Å². The molecule has 50 heavy (non-hydrogen) atoms. The molecule has 4 heteroatoms. The molecule has 0 amide bonds. The van der Waals surface area contributed by atoms with Gasteiger partial charge >= 0.3 is 0 Å². The van der Waals surface area contributed by atoms with Crippen LogP contribution in [0.5, 0.6) is 0 Å². The number of imidazole rings is 1. The zero-order valence-corrected chi connectivity index (χ0v) is 31.7. The van der Waals surface area contributed by atoms with Crippen LogP contribution in [0.2, 0.25) is 0 Å². The van der Waals surface area contributed by atoms with E-state index in [1.807, 2.05) is 137 Å². The van der Waals surface area contributed by atoms with Gasteiger partial charge in [0.25, 0.3) is 0 Å². The number of hydrogen-bond donors (Lipinski definition) is 0. The quantitative estimate of drug-likeness (QED) is 0.150. The molecule has 3 nitrogen and oxygen atoms in total. The predicted octanol–water partition coefficient (Wildman–Crippen LogP) is 12.4. The maximum Gasteiger partial charge on any atom is 0.0774 e. The Morgan fingerprint density at radius 1 is 0.640 bits per heavy atom. The molecule has 0 saturated carbocycles. The minimum Gasteiger partial charge on any atom is -0.333 e. The van der Waals surface area contributed by atoms with E-state index >= 15 is 0 Å². The van der Waals surface area contributed by atoms with Gasteiger partial charge in [-0.25, -0.2) is 0 Å². The molecule has 0 spiro atoms. The predicted molar refractivity (Wildman–Crippen MR) is 206 cm³/mol. The molecule has 1 radical (unpaired) electrons. The molecule has 2 aromatic heterocycles. The smallest absolute Gasteiger partial charge is 0.0774 e. The van der Waals surface area contributed by atoms with E-state index in [9.17, 15) is 0 Å². The molecule has 0 fully saturated rings. The first-order valence-corrected chi connectivity index (χ1v) is 16.5. The molecule has 0 atom stereocenters. The summed E-state index contributed by atoms with van der Waals surface area (Å²) in [4.78, 5) is 9.31. The van der Waals surface area contributed by atoms with Crippen LogP contribution in [-0.2, 0) is 20.1 Å². The van der Waals surface area contributed by atoms with Crippen molar-refractivity contribution in [1.82, 2.24) is 14.5 Å². The van der Waals surface area contributed by atoms with Gasteiger partial charge in [0, 0.05) is 40.2 Å². The number of benzene rings is 5. The van der Waals surface area contributed by atoms with Crippen molar-refractivity contribution in [2.24, 2.45) is 0 Å². The number of aromatic nitrogens is 3. The molecule has 0 saturated heterocycles. The van der Waals surface area contributed by atoms with Gasteiger partial charge in [-0.3, -0.25) is 4.98 Å². The fourth-order valence-electron chi connectivity index (χ4n) is 6.03. The van der Waals surface area contributed by atoms with Crippen molar-refractivity contribution in [2.45, 2.75) is 66.1 Å². The van der Waals surface area contributed by atoms with Crippen LogP contribution in [0.15, 0.2) is 128 Å². The molecule has 0 aliphatic rings. The Kier molecular flexibility index (Phi) is 9.55. The van der Waals surface area contributed by atoms with E-state index in [2.05, 4.69) is 21.7 Å². The third-order valence-electron chi connectivity index (χ3n) is 8.48. The van der Waals surface area contributed by atoms with Crippen LogP contribution in [-0.4, -0.2) is 14.5 Å². The Morgan fingerprint density at radius 3 is 1.88 bits per heavy atom. The fourth-order valence-corrected chi connectivity index (χ4v) is 6.03. The van der Waals surface area contributed by atoms with Crippen molar-refractivity contribution in [2.75, 3.05) is 0 Å². The first kappa shape index (κ1) is 29.1. The third kappa shape index (κ3) is 7.88. The second-order valence-electron chi connectivity index (χ2n) is 12.7. The van der Waals surface area contributed by atoms with E-state index in [-0.39, 0.29) is 25.7 Å². The molecule has 0 unspecified atom stereocenters. The number of aryl methyl sites for hydroxylation is 1. The summed E-state index contributed by atoms with van der Waals surface area (Å²) < 4.78 is 51.5. The summed E-state index contributed by atoms with van der Waals surface area (Å²) in [6.07, 6.45) is 1.71. The van der Waals surface area contributed by atoms with Crippen molar-refractivity contribution in [1.29, 1.82) is 0 Å². The fraction of sp³-hybridized carbons (Fsp3) is 0.217. The van der Waals surface area contributed by atoms with E-state index in [1.54, 1.807) is 32.2 Å². The van der Waals surface area contributed by atoms with Gasteiger partial charge in [-0.15, -0.1) is 71.8 Å². The van der Waals surface area contributed by atoms with Crippen molar-refractivity contribution in [3.63, 3.8) is 0 Å². The zero-order chi connectivity index (χ0) is 39.8. The topological polar surface area (TPSA) is 30.7 Å². The van der Waals surface area contributed by atoms with Crippen LogP contribution in [0.1, 0.15) is 89.7 Å². The molecule has 0 N–H and O–H groups in total. The van der Waals surface area contributed by atoms with E-state index in [0.29, 0.717) is 5.56 Å². The Balaban J connectivity index is 0.000000212. The maximum absolute atomic E-state index is 8.80. The number of para-hydroxylation sites is 3. The summed E-state index contributed by atoms with van der Waals surface area (Å²) in [5.41, 5.74) is 9.42. The first-order chi connectivity index (χ1) is 25.8. The summed E-state index contributed by atoms with van der Waals surface area (Å²) in [6.45, 7) is 8.69. The second kappa shape index (κ2) is 16.4. The molecule has 5 aromatic carbocycles. The normalized spacial score (nSPS) is 13.7. The summed E-state index contributed by atoms with van der Waals surface area (Å²) in [6, 6.07) is 44.9. The summed E-state index contributed by atoms with van der Waals surface area (Å²) in [5.74, 6) is -1.88. The van der Waals surface area contributed by atoms with Gasteiger partial charge in [0.15, 0.2) is 0 Å². The minimum absolute atomic E-state index is 0. The van der Waals surface area contributed by atoms with Crippen molar-refractivity contribution >= 4 is 11.0 Å². The van der Waals surface area contributed by atoms with Crippen LogP contribution < -0.4 is 0 Å². The van der Waals surface area contributed by atoms with E-state index in [0.717, 1.165) is 61.6 Å². The second-order valence-corrected chi connectivity index (χ2v) is 12.7. The summed E-state index contributed by atoms with van der Waals surface area (Å²) in [7, 11) is 0. The van der Waals surface area contributed by atoms with Gasteiger partial charge in [-0.05, 0) is 81.8 Å². The Hall–Kier alpha value is -4.63. The number of nitrogens with zero attached hydrogens (tertiary/aromatic N) is 3. The van der Waals surface area contributed by atoms with Crippen molar-refractivity contribution in [3.05, 3.63) is 162 Å². The molecule has 0 aliphatic heterocycles. The van der Waals surface area contributed by atoms with Crippen LogP contribution in [0, 0.1) is 19.0 Å². The SMILES string of the molecule is [2H]C(C)(C)c1cccc(C([2H])(C)C)c1-n1c(-c2[c-]cccc2)nc2ccccc21.[2H]C([2H])([2H])c1cc(-c2ccnc(-c3[c-]cccc3)c2)ccc1C([2H])(C)C.[Ir]. The molecular formula is C46H45IrN3-2. The van der Waals surface area contributed by atoms with Crippen LogP contribution >= 0.6 is 0 Å². The molecule has 2 heterocycles. The van der Waals surface area contributed by atoms with Gasteiger partial charge in [0.1, 0.15) is 0 Å². The van der Waals surface area contributed by atoms with E-state index in [1.165, 1.54) is 0 Å². The minimum atomic E-state index is -2.27. The third-order valence-corrected chi connectivity index (χ3v) is 8.48. The number of hydrogen-bond acceptors (Lipinski definition) is 2. The standard InChI is InChI=1S/C25H25N2.C21H20N.Ir/c1-17(2)20-13-10-14-21(18(3)4)24(20)27-23-16-9-8-15-22(23)26-25(27)19-11-6-5-7-12-19;1-15(2)20-10-9-18(13-16(20)3)19-11-12-22-21(14-19)17-7-5-4-6-8-17;/h5-11,13-18H,1-4H3;4-7,9-15H,1-3H3;/q2*-1;/i17D,18D;3D3,15D;. The Labute approximate surface area is 320 Å². The molecule has 0 bridgehead atoms. The number of pyridine rings is 1. The average Bonchev–Trinajstić information content (AvgIpc) is 3.53. The monoisotopic (exact) mass is 838 g/mol. The van der Waals surface area contributed by atoms with Crippen molar-refractivity contribution < 1.29 is 28.3 Å². The van der Waals surface area contributed by atoms with Crippen LogP contribution in [0.3, 0.4) is 0 Å². The Morgan fingerprint density at radius 2 is 1.26 bits per heavy atom. The van der Waals surface area contributed by atoms with Crippen molar-refractivity contribution in [3.8, 4) is 39.5 Å². The Bertz CT molecular complexity index is 2390. The molecular weight excluding hydrogens is 787 g/mol. The number of fused-ring (bicyclic) bond motifs is 1. The number of rotatable bonds is 7. The molecule has 0 aliphatic carbocycles. The van der Waals surface area contributed by atoms with Gasteiger partial charge < -0.3 is 9.55 Å². The summed E-state index contributed by atoms with van der Waals surface area (Å²) in [5, 5.41) is 0. The maximum atomic E-state index is 8.80. The van der Waals surface area contributed by atoms with Gasteiger partial charge in [0.2, 0.25) is 0 Å². The first-order valence-electron chi connectivity index (χ1n) is 19.5. The van der Waals surface area contributed by atoms with Crippen LogP contribution in [0.4, 0.5) is 0 Å². The van der Waals surface area contributed by atoms with Crippen LogP contribution in [0.25, 0.3) is 50.5 Å². The van der Waals surface area contributed by atoms with E-state index in [4.69, 9.17) is 13.2 Å². The average molecular weight is 838 g/mol. The molecule has 7 aromatic rings.